The Kier molecular flexibility index (Phi) is 5.60. The van der Waals surface area contributed by atoms with Gasteiger partial charge in [-0.15, -0.1) is 0 Å². The molecule has 0 aliphatic carbocycles. The van der Waals surface area contributed by atoms with Gasteiger partial charge in [0.15, 0.2) is 0 Å². The summed E-state index contributed by atoms with van der Waals surface area (Å²) < 4.78 is 0. The number of nitrogens with zero attached hydrogens (tertiary/aromatic N) is 1. The van der Waals surface area contributed by atoms with Gasteiger partial charge >= 0.3 is 0 Å². The Morgan fingerprint density at radius 3 is 2.57 bits per heavy atom. The first kappa shape index (κ1) is 16.8. The van der Waals surface area contributed by atoms with Gasteiger partial charge in [-0.25, -0.2) is 0 Å². The number of anilines is 3. The molecule has 0 saturated heterocycles. The number of likely N-dealkylation sites (N-methyl/N-ethyl adjacent to an activating group) is 1. The van der Waals surface area contributed by atoms with Crippen LogP contribution in [-0.4, -0.2) is 38.0 Å². The van der Waals surface area contributed by atoms with Crippen molar-refractivity contribution in [1.29, 1.82) is 0 Å². The summed E-state index contributed by atoms with van der Waals surface area (Å²) in [5.74, 6) is -0.444. The van der Waals surface area contributed by atoms with Gasteiger partial charge < -0.3 is 21.3 Å². The van der Waals surface area contributed by atoms with Crippen LogP contribution in [0.2, 0.25) is 0 Å². The van der Waals surface area contributed by atoms with E-state index in [4.69, 9.17) is 5.73 Å². The molecule has 0 aliphatic heterocycles. The molecule has 122 valence electrons. The second-order valence-electron chi connectivity index (χ2n) is 5.85. The molecular weight excluding hydrogens is 288 g/mol. The van der Waals surface area contributed by atoms with Crippen LogP contribution in [0.4, 0.5) is 17.1 Å². The van der Waals surface area contributed by atoms with Crippen LogP contribution < -0.4 is 16.4 Å². The molecule has 2 rings (SSSR count). The minimum absolute atomic E-state index is 0.444. The van der Waals surface area contributed by atoms with Gasteiger partial charge in [0, 0.05) is 24.5 Å². The minimum atomic E-state index is -0.444. The van der Waals surface area contributed by atoms with E-state index in [0.29, 0.717) is 11.3 Å². The van der Waals surface area contributed by atoms with Crippen molar-refractivity contribution in [2.75, 3.05) is 37.8 Å². The first-order chi connectivity index (χ1) is 11.0. The number of carbonyl (C=O) groups excluding carboxylic acids is 1. The number of primary amides is 1. The van der Waals surface area contributed by atoms with Crippen LogP contribution in [0.3, 0.4) is 0 Å². The fourth-order valence-electron chi connectivity index (χ4n) is 2.27. The molecule has 4 N–H and O–H groups in total. The third kappa shape index (κ3) is 5.00. The molecule has 1 amide bonds. The quantitative estimate of drug-likeness (QED) is 0.735. The van der Waals surface area contributed by atoms with Crippen LogP contribution in [0.25, 0.3) is 0 Å². The lowest BCUT2D eigenvalue weighted by Gasteiger charge is -2.15. The molecule has 5 nitrogen and oxygen atoms in total. The third-order valence-electron chi connectivity index (χ3n) is 3.47. The predicted molar refractivity (Wildman–Crippen MR) is 96.5 cm³/mol. The SMILES string of the molecule is Cc1cccc(Nc2cc(NCCN(C)C)ccc2C(N)=O)c1. The van der Waals surface area contributed by atoms with E-state index in [1.54, 1.807) is 6.07 Å². The average molecular weight is 312 g/mol. The monoisotopic (exact) mass is 312 g/mol. The third-order valence-corrected chi connectivity index (χ3v) is 3.47. The smallest absolute Gasteiger partial charge is 0.250 e. The molecule has 0 saturated carbocycles. The van der Waals surface area contributed by atoms with E-state index >= 15 is 0 Å². The highest BCUT2D eigenvalue weighted by Gasteiger charge is 2.09. The molecule has 0 spiro atoms. The van der Waals surface area contributed by atoms with E-state index in [0.717, 1.165) is 30.0 Å². The lowest BCUT2D eigenvalue weighted by atomic mass is 10.1. The number of hydrogen-bond donors (Lipinski definition) is 3. The molecule has 0 fully saturated rings. The number of nitrogens with one attached hydrogen (secondary N) is 2. The summed E-state index contributed by atoms with van der Waals surface area (Å²) in [5, 5.41) is 6.63. The zero-order valence-electron chi connectivity index (χ0n) is 13.9. The number of rotatable bonds is 7. The van der Waals surface area contributed by atoms with E-state index in [9.17, 15) is 4.79 Å². The van der Waals surface area contributed by atoms with Gasteiger partial charge in [0.25, 0.3) is 5.91 Å². The number of nitrogens with two attached hydrogens (primary N) is 1. The van der Waals surface area contributed by atoms with Gasteiger partial charge in [0.1, 0.15) is 0 Å². The summed E-state index contributed by atoms with van der Waals surface area (Å²) in [6, 6.07) is 13.5. The highest BCUT2D eigenvalue weighted by molar-refractivity contribution is 6.00. The summed E-state index contributed by atoms with van der Waals surface area (Å²) in [7, 11) is 4.06. The van der Waals surface area contributed by atoms with Crippen molar-refractivity contribution < 1.29 is 4.79 Å². The van der Waals surface area contributed by atoms with Gasteiger partial charge in [0.05, 0.1) is 11.3 Å². The zero-order chi connectivity index (χ0) is 16.8. The van der Waals surface area contributed by atoms with Crippen LogP contribution in [0.5, 0.6) is 0 Å². The van der Waals surface area contributed by atoms with Crippen molar-refractivity contribution in [2.45, 2.75) is 6.92 Å². The molecule has 0 aliphatic rings. The van der Waals surface area contributed by atoms with Crippen molar-refractivity contribution in [2.24, 2.45) is 5.73 Å². The zero-order valence-corrected chi connectivity index (χ0v) is 13.9. The molecule has 0 aromatic heterocycles. The number of benzene rings is 2. The Morgan fingerprint density at radius 2 is 1.91 bits per heavy atom. The highest BCUT2D eigenvalue weighted by Crippen LogP contribution is 2.25. The molecular formula is C18H24N4O. The number of carbonyl (C=O) groups is 1. The first-order valence-electron chi connectivity index (χ1n) is 7.62. The Hall–Kier alpha value is -2.53. The van der Waals surface area contributed by atoms with Gasteiger partial charge in [-0.05, 0) is 56.9 Å². The molecule has 0 unspecified atom stereocenters. The van der Waals surface area contributed by atoms with Crippen LogP contribution in [0, 0.1) is 6.92 Å². The van der Waals surface area contributed by atoms with Crippen molar-refractivity contribution in [3.63, 3.8) is 0 Å². The van der Waals surface area contributed by atoms with Crippen molar-refractivity contribution in [1.82, 2.24) is 4.90 Å². The lowest BCUT2D eigenvalue weighted by Crippen LogP contribution is -2.21. The van der Waals surface area contributed by atoms with Gasteiger partial charge in [0.2, 0.25) is 0 Å². The summed E-state index contributed by atoms with van der Waals surface area (Å²) in [6.45, 7) is 3.78. The molecule has 0 atom stereocenters. The summed E-state index contributed by atoms with van der Waals surface area (Å²) >= 11 is 0. The fraction of sp³-hybridized carbons (Fsp3) is 0.278. The molecule has 0 radical (unpaired) electrons. The fourth-order valence-corrected chi connectivity index (χ4v) is 2.27. The maximum absolute atomic E-state index is 11.6. The van der Waals surface area contributed by atoms with Crippen molar-refractivity contribution in [3.05, 3.63) is 53.6 Å². The van der Waals surface area contributed by atoms with E-state index in [2.05, 4.69) is 15.5 Å². The lowest BCUT2D eigenvalue weighted by molar-refractivity contribution is 0.100. The number of aryl methyl sites for hydroxylation is 1. The van der Waals surface area contributed by atoms with Crippen LogP contribution in [0.1, 0.15) is 15.9 Å². The van der Waals surface area contributed by atoms with Crippen LogP contribution >= 0.6 is 0 Å². The molecule has 5 heteroatoms. The molecule has 0 bridgehead atoms. The second kappa shape index (κ2) is 7.65. The summed E-state index contributed by atoms with van der Waals surface area (Å²) in [4.78, 5) is 13.8. The van der Waals surface area contributed by atoms with E-state index in [-0.39, 0.29) is 0 Å². The Balaban J connectivity index is 2.21. The number of amides is 1. The maximum atomic E-state index is 11.6. The molecule has 23 heavy (non-hydrogen) atoms. The maximum Gasteiger partial charge on any atom is 0.250 e. The predicted octanol–water partition coefficient (Wildman–Crippen LogP) is 2.81. The molecule has 2 aromatic rings. The van der Waals surface area contributed by atoms with Crippen LogP contribution in [0.15, 0.2) is 42.5 Å². The Bertz CT molecular complexity index is 682. The van der Waals surface area contributed by atoms with Crippen LogP contribution in [-0.2, 0) is 0 Å². The highest BCUT2D eigenvalue weighted by atomic mass is 16.1. The first-order valence-corrected chi connectivity index (χ1v) is 7.62. The Morgan fingerprint density at radius 1 is 1.13 bits per heavy atom. The summed E-state index contributed by atoms with van der Waals surface area (Å²) in [6.07, 6.45) is 0. The van der Waals surface area contributed by atoms with Gasteiger partial charge in [-0.1, -0.05) is 12.1 Å². The number of hydrogen-bond acceptors (Lipinski definition) is 4. The molecule has 2 aromatic carbocycles. The average Bonchev–Trinajstić information content (AvgIpc) is 2.47. The molecule has 0 heterocycles. The van der Waals surface area contributed by atoms with E-state index in [1.807, 2.05) is 57.4 Å². The van der Waals surface area contributed by atoms with E-state index < -0.39 is 5.91 Å². The summed E-state index contributed by atoms with van der Waals surface area (Å²) in [5.41, 5.74) is 9.69. The van der Waals surface area contributed by atoms with Gasteiger partial charge in [-0.3, -0.25) is 4.79 Å². The Labute approximate surface area is 137 Å². The normalized spacial score (nSPS) is 10.6. The minimum Gasteiger partial charge on any atom is -0.384 e. The van der Waals surface area contributed by atoms with Crippen molar-refractivity contribution >= 4 is 23.0 Å². The largest absolute Gasteiger partial charge is 0.384 e. The van der Waals surface area contributed by atoms with E-state index in [1.165, 1.54) is 0 Å². The van der Waals surface area contributed by atoms with Crippen molar-refractivity contribution in [3.8, 4) is 0 Å². The topological polar surface area (TPSA) is 70.4 Å². The standard InChI is InChI=1S/C18H24N4O/c1-13-5-4-6-15(11-13)21-17-12-14(20-9-10-22(2)3)7-8-16(17)18(19)23/h4-8,11-12,20-21H,9-10H2,1-3H3,(H2,19,23). The second-order valence-corrected chi connectivity index (χ2v) is 5.85. The van der Waals surface area contributed by atoms with Gasteiger partial charge in [-0.2, -0.15) is 0 Å².